The first-order valence-corrected chi connectivity index (χ1v) is 7.31. The number of imidazole rings is 1. The summed E-state index contributed by atoms with van der Waals surface area (Å²) in [6.45, 7) is 0.459. The molecule has 0 aromatic carbocycles. The van der Waals surface area contributed by atoms with E-state index in [2.05, 4.69) is 15.0 Å². The summed E-state index contributed by atoms with van der Waals surface area (Å²) in [5.74, 6) is 0.310. The predicted molar refractivity (Wildman–Crippen MR) is 65.3 cm³/mol. The minimum atomic E-state index is -3.56. The van der Waals surface area contributed by atoms with E-state index in [4.69, 9.17) is 15.0 Å². The Hall–Kier alpha value is -1.54. The Bertz CT molecular complexity index is 647. The molecule has 19 heavy (non-hydrogen) atoms. The SMILES string of the molecule is Nc1ncnc2c1ncn2CC1COP(=O)(O)CO1. The van der Waals surface area contributed by atoms with Crippen LogP contribution in [-0.2, 0) is 20.4 Å². The van der Waals surface area contributed by atoms with Crippen molar-refractivity contribution in [2.24, 2.45) is 0 Å². The molecule has 0 aliphatic carbocycles. The standard InChI is InChI=1S/C9H12N5O4P/c10-8-7-9(12-3-11-8)14(4-13-7)1-6-2-18-19(15,16)5-17-6/h3-4,6H,1-2,5H2,(H,15,16)(H2,10,11,12). The minimum absolute atomic E-state index is 0.0496. The highest BCUT2D eigenvalue weighted by atomic mass is 31.2. The second-order valence-electron chi connectivity index (χ2n) is 4.18. The number of nitrogens with two attached hydrogens (primary N) is 1. The van der Waals surface area contributed by atoms with Gasteiger partial charge in [0.2, 0.25) is 0 Å². The highest BCUT2D eigenvalue weighted by molar-refractivity contribution is 7.52. The van der Waals surface area contributed by atoms with Gasteiger partial charge in [-0.05, 0) is 0 Å². The summed E-state index contributed by atoms with van der Waals surface area (Å²) in [6.07, 6.45) is 2.30. The van der Waals surface area contributed by atoms with Crippen molar-refractivity contribution in [2.75, 3.05) is 18.7 Å². The van der Waals surface area contributed by atoms with Crippen LogP contribution < -0.4 is 5.73 Å². The summed E-state index contributed by atoms with van der Waals surface area (Å²) in [6, 6.07) is 0. The Morgan fingerprint density at radius 1 is 1.53 bits per heavy atom. The van der Waals surface area contributed by atoms with Gasteiger partial charge in [-0.3, -0.25) is 4.57 Å². The summed E-state index contributed by atoms with van der Waals surface area (Å²) in [5.41, 5.74) is 6.80. The van der Waals surface area contributed by atoms with Gasteiger partial charge in [-0.25, -0.2) is 15.0 Å². The number of hydrogen-bond donors (Lipinski definition) is 2. The Kier molecular flexibility index (Phi) is 2.98. The van der Waals surface area contributed by atoms with Crippen LogP contribution in [0.25, 0.3) is 11.2 Å². The van der Waals surface area contributed by atoms with Gasteiger partial charge in [-0.2, -0.15) is 0 Å². The molecule has 0 bridgehead atoms. The zero-order chi connectivity index (χ0) is 13.5. The maximum absolute atomic E-state index is 11.2. The summed E-state index contributed by atoms with van der Waals surface area (Å²) in [7, 11) is -3.56. The molecule has 3 heterocycles. The number of aromatic nitrogens is 4. The number of nitrogen functional groups attached to an aromatic ring is 1. The number of hydrogen-bond acceptors (Lipinski definition) is 7. The fraction of sp³-hybridized carbons (Fsp3) is 0.444. The average molecular weight is 285 g/mol. The molecule has 0 amide bonds. The molecule has 1 fully saturated rings. The molecule has 0 spiro atoms. The highest BCUT2D eigenvalue weighted by Crippen LogP contribution is 2.45. The molecule has 0 radical (unpaired) electrons. The molecule has 9 nitrogen and oxygen atoms in total. The zero-order valence-corrected chi connectivity index (χ0v) is 10.7. The molecule has 2 atom stereocenters. The maximum atomic E-state index is 11.2. The van der Waals surface area contributed by atoms with Crippen molar-refractivity contribution in [3.63, 3.8) is 0 Å². The lowest BCUT2D eigenvalue weighted by atomic mass is 10.3. The van der Waals surface area contributed by atoms with Gasteiger partial charge >= 0.3 is 7.60 Å². The summed E-state index contributed by atoms with van der Waals surface area (Å²) >= 11 is 0. The van der Waals surface area contributed by atoms with Crippen LogP contribution in [0.3, 0.4) is 0 Å². The van der Waals surface area contributed by atoms with Gasteiger partial charge in [0.1, 0.15) is 24.3 Å². The third-order valence-corrected chi connectivity index (χ3v) is 3.79. The lowest BCUT2D eigenvalue weighted by Crippen LogP contribution is -2.29. The lowest BCUT2D eigenvalue weighted by molar-refractivity contribution is -0.00745. The molecular weight excluding hydrogens is 273 g/mol. The molecular formula is C9H12N5O4P. The van der Waals surface area contributed by atoms with E-state index in [1.54, 1.807) is 10.9 Å². The van der Waals surface area contributed by atoms with Crippen molar-refractivity contribution in [3.05, 3.63) is 12.7 Å². The van der Waals surface area contributed by atoms with Crippen LogP contribution in [0.5, 0.6) is 0 Å². The van der Waals surface area contributed by atoms with Crippen molar-refractivity contribution in [3.8, 4) is 0 Å². The van der Waals surface area contributed by atoms with Crippen LogP contribution in [-0.4, -0.2) is 43.5 Å². The van der Waals surface area contributed by atoms with Crippen molar-refractivity contribution in [1.29, 1.82) is 0 Å². The molecule has 3 N–H and O–H groups in total. The largest absolute Gasteiger partial charge is 0.382 e. The van der Waals surface area contributed by atoms with Gasteiger partial charge in [0, 0.05) is 0 Å². The van der Waals surface area contributed by atoms with Crippen LogP contribution in [0.1, 0.15) is 0 Å². The summed E-state index contributed by atoms with van der Waals surface area (Å²) in [5, 5.41) is 0. The van der Waals surface area contributed by atoms with E-state index in [0.717, 1.165) is 0 Å². The molecule has 1 aliphatic heterocycles. The summed E-state index contributed by atoms with van der Waals surface area (Å²) < 4.78 is 23.1. The summed E-state index contributed by atoms with van der Waals surface area (Å²) in [4.78, 5) is 21.3. The molecule has 0 saturated carbocycles. The Morgan fingerprint density at radius 3 is 3.11 bits per heavy atom. The molecule has 1 saturated heterocycles. The third kappa shape index (κ3) is 2.45. The van der Waals surface area contributed by atoms with E-state index >= 15 is 0 Å². The minimum Gasteiger partial charge on any atom is -0.382 e. The van der Waals surface area contributed by atoms with Gasteiger partial charge in [0.25, 0.3) is 0 Å². The van der Waals surface area contributed by atoms with Crippen molar-refractivity contribution >= 4 is 24.6 Å². The fourth-order valence-corrected chi connectivity index (χ4v) is 2.71. The van der Waals surface area contributed by atoms with Gasteiger partial charge in [0.15, 0.2) is 11.5 Å². The van der Waals surface area contributed by atoms with Crippen molar-refractivity contribution < 1.29 is 18.7 Å². The number of anilines is 1. The molecule has 3 rings (SSSR count). The molecule has 2 aromatic heterocycles. The van der Waals surface area contributed by atoms with Crippen LogP contribution in [0.2, 0.25) is 0 Å². The van der Waals surface area contributed by atoms with Crippen LogP contribution >= 0.6 is 7.60 Å². The number of rotatable bonds is 2. The van der Waals surface area contributed by atoms with Gasteiger partial charge in [-0.15, -0.1) is 0 Å². The highest BCUT2D eigenvalue weighted by Gasteiger charge is 2.30. The Balaban J connectivity index is 1.79. The Labute approximate surface area is 107 Å². The van der Waals surface area contributed by atoms with Gasteiger partial charge in [-0.1, -0.05) is 0 Å². The van der Waals surface area contributed by atoms with E-state index in [1.165, 1.54) is 6.33 Å². The fourth-order valence-electron chi connectivity index (χ4n) is 1.84. The van der Waals surface area contributed by atoms with E-state index in [1.807, 2.05) is 0 Å². The third-order valence-electron chi connectivity index (χ3n) is 2.77. The predicted octanol–water partition coefficient (Wildman–Crippen LogP) is -0.0332. The lowest BCUT2D eigenvalue weighted by Gasteiger charge is -2.26. The normalized spacial score (nSPS) is 27.7. The quantitative estimate of drug-likeness (QED) is 0.736. The number of nitrogens with zero attached hydrogens (tertiary/aromatic N) is 4. The van der Waals surface area contributed by atoms with Crippen LogP contribution in [0.15, 0.2) is 12.7 Å². The van der Waals surface area contributed by atoms with E-state index < -0.39 is 7.60 Å². The number of ether oxygens (including phenoxy) is 1. The second-order valence-corrected chi connectivity index (χ2v) is 5.97. The monoisotopic (exact) mass is 285 g/mol. The first-order valence-electron chi connectivity index (χ1n) is 5.54. The molecule has 1 aliphatic rings. The molecule has 10 heteroatoms. The first kappa shape index (κ1) is 12.5. The molecule has 2 aromatic rings. The van der Waals surface area contributed by atoms with E-state index in [9.17, 15) is 9.46 Å². The smallest absolute Gasteiger partial charge is 0.353 e. The van der Waals surface area contributed by atoms with Crippen molar-refractivity contribution in [1.82, 2.24) is 19.5 Å². The molecule has 102 valence electrons. The van der Waals surface area contributed by atoms with E-state index in [0.29, 0.717) is 23.5 Å². The van der Waals surface area contributed by atoms with Crippen LogP contribution in [0.4, 0.5) is 5.82 Å². The topological polar surface area (TPSA) is 125 Å². The van der Waals surface area contributed by atoms with Crippen LogP contribution in [0, 0.1) is 0 Å². The van der Waals surface area contributed by atoms with E-state index in [-0.39, 0.29) is 19.1 Å². The first-order chi connectivity index (χ1) is 9.05. The second kappa shape index (κ2) is 4.53. The van der Waals surface area contributed by atoms with Gasteiger partial charge in [0.05, 0.1) is 19.5 Å². The number of fused-ring (bicyclic) bond motifs is 1. The Morgan fingerprint density at radius 2 is 2.37 bits per heavy atom. The maximum Gasteiger partial charge on any atom is 0.353 e. The molecule has 2 unspecified atom stereocenters. The van der Waals surface area contributed by atoms with Gasteiger partial charge < -0.3 is 24.5 Å². The average Bonchev–Trinajstić information content (AvgIpc) is 2.77. The van der Waals surface area contributed by atoms with Crippen molar-refractivity contribution in [2.45, 2.75) is 12.6 Å². The zero-order valence-electron chi connectivity index (χ0n) is 9.84.